The first kappa shape index (κ1) is 11.3. The van der Waals surface area contributed by atoms with Gasteiger partial charge in [-0.1, -0.05) is 15.9 Å². The van der Waals surface area contributed by atoms with Crippen molar-refractivity contribution in [2.45, 2.75) is 11.5 Å². The van der Waals surface area contributed by atoms with Crippen LogP contribution in [0.1, 0.15) is 11.1 Å². The molecule has 2 nitrogen and oxygen atoms in total. The lowest BCUT2D eigenvalue weighted by Crippen LogP contribution is -2.10. The Morgan fingerprint density at radius 2 is 2.07 bits per heavy atom. The van der Waals surface area contributed by atoms with E-state index in [2.05, 4.69) is 20.9 Å². The molecule has 1 rings (SSSR count). The Morgan fingerprint density at radius 1 is 1.43 bits per heavy atom. The predicted octanol–water partition coefficient (Wildman–Crippen LogP) is 3.00. The van der Waals surface area contributed by atoms with Crippen LogP contribution < -0.4 is 4.74 Å². The second-order valence-electron chi connectivity index (χ2n) is 2.50. The molecule has 0 atom stereocenters. The lowest BCUT2D eigenvalue weighted by molar-refractivity contribution is -0.138. The second-order valence-corrected chi connectivity index (χ2v) is 3.06. The maximum Gasteiger partial charge on any atom is 0.418 e. The van der Waals surface area contributed by atoms with Gasteiger partial charge in [0.05, 0.1) is 18.9 Å². The molecule has 0 bridgehead atoms. The van der Waals surface area contributed by atoms with Crippen LogP contribution in [0.2, 0.25) is 0 Å². The maximum absolute atomic E-state index is 12.4. The summed E-state index contributed by atoms with van der Waals surface area (Å²) in [6.45, 7) is 0. The van der Waals surface area contributed by atoms with Crippen molar-refractivity contribution >= 4 is 15.9 Å². The van der Waals surface area contributed by atoms with E-state index in [0.717, 1.165) is 6.20 Å². The maximum atomic E-state index is 12.4. The largest absolute Gasteiger partial charge is 0.495 e. The summed E-state index contributed by atoms with van der Waals surface area (Å²) >= 11 is 2.98. The molecule has 0 unspecified atom stereocenters. The first-order valence-electron chi connectivity index (χ1n) is 3.64. The molecule has 14 heavy (non-hydrogen) atoms. The fraction of sp³-hybridized carbons (Fsp3) is 0.375. The molecular weight excluding hydrogens is 263 g/mol. The molecule has 0 amide bonds. The Labute approximate surface area is 87.2 Å². The molecule has 6 heteroatoms. The monoisotopic (exact) mass is 269 g/mol. The van der Waals surface area contributed by atoms with Crippen LogP contribution in [-0.4, -0.2) is 12.1 Å². The Balaban J connectivity index is 3.29. The average molecular weight is 270 g/mol. The third kappa shape index (κ3) is 2.17. The van der Waals surface area contributed by atoms with E-state index in [1.54, 1.807) is 0 Å². The van der Waals surface area contributed by atoms with Crippen molar-refractivity contribution in [3.63, 3.8) is 0 Å². The van der Waals surface area contributed by atoms with Crippen molar-refractivity contribution in [3.8, 4) is 5.75 Å². The number of alkyl halides is 4. The summed E-state index contributed by atoms with van der Waals surface area (Å²) in [5.74, 6) is 0.136. The van der Waals surface area contributed by atoms with Gasteiger partial charge in [-0.25, -0.2) is 0 Å². The van der Waals surface area contributed by atoms with Crippen LogP contribution in [0, 0.1) is 0 Å². The topological polar surface area (TPSA) is 22.1 Å². The Hall–Kier alpha value is -0.780. The third-order valence-corrected chi connectivity index (χ3v) is 2.24. The van der Waals surface area contributed by atoms with Crippen molar-refractivity contribution < 1.29 is 17.9 Å². The van der Waals surface area contributed by atoms with Crippen LogP contribution >= 0.6 is 15.9 Å². The van der Waals surface area contributed by atoms with Gasteiger partial charge in [-0.05, 0) is 0 Å². The minimum absolute atomic E-state index is 0.0648. The summed E-state index contributed by atoms with van der Waals surface area (Å²) in [6.07, 6.45) is -2.35. The highest BCUT2D eigenvalue weighted by molar-refractivity contribution is 9.08. The molecule has 0 N–H and O–H groups in total. The van der Waals surface area contributed by atoms with E-state index in [1.165, 1.54) is 13.3 Å². The molecule has 0 aromatic carbocycles. The zero-order valence-corrected chi connectivity index (χ0v) is 8.82. The average Bonchev–Trinajstić information content (AvgIpc) is 2.15. The normalized spacial score (nSPS) is 11.5. The van der Waals surface area contributed by atoms with Gasteiger partial charge in [0.25, 0.3) is 0 Å². The molecular formula is C8H7BrF3NO. The molecule has 0 radical (unpaired) electrons. The van der Waals surface area contributed by atoms with E-state index in [-0.39, 0.29) is 16.6 Å². The molecule has 0 saturated heterocycles. The molecule has 0 aliphatic carbocycles. The van der Waals surface area contributed by atoms with Gasteiger partial charge in [-0.3, -0.25) is 4.98 Å². The van der Waals surface area contributed by atoms with Crippen LogP contribution in [-0.2, 0) is 11.5 Å². The molecule has 0 aliphatic rings. The van der Waals surface area contributed by atoms with Gasteiger partial charge >= 0.3 is 6.18 Å². The minimum atomic E-state index is -4.40. The van der Waals surface area contributed by atoms with Crippen LogP contribution in [0.15, 0.2) is 12.4 Å². The SMILES string of the molecule is COc1cncc(C(F)(F)F)c1CBr. The fourth-order valence-corrected chi connectivity index (χ4v) is 1.60. The quantitative estimate of drug-likeness (QED) is 0.771. The molecule has 1 aromatic heterocycles. The van der Waals surface area contributed by atoms with E-state index in [1.807, 2.05) is 0 Å². The summed E-state index contributed by atoms with van der Waals surface area (Å²) in [5.41, 5.74) is -0.705. The molecule has 1 heterocycles. The van der Waals surface area contributed by atoms with E-state index in [4.69, 9.17) is 4.74 Å². The number of aromatic nitrogens is 1. The van der Waals surface area contributed by atoms with Crippen molar-refractivity contribution in [1.29, 1.82) is 0 Å². The number of rotatable bonds is 2. The van der Waals surface area contributed by atoms with E-state index in [0.29, 0.717) is 0 Å². The standard InChI is InChI=1S/C8H7BrF3NO/c1-14-7-4-13-3-6(5(7)2-9)8(10,11)12/h3-4H,2H2,1H3. The summed E-state index contributed by atoms with van der Waals surface area (Å²) in [5, 5.41) is 0.0769. The smallest absolute Gasteiger partial charge is 0.418 e. The van der Waals surface area contributed by atoms with Gasteiger partial charge < -0.3 is 4.74 Å². The van der Waals surface area contributed by atoms with Gasteiger partial charge in [-0.15, -0.1) is 0 Å². The summed E-state index contributed by atoms with van der Waals surface area (Å²) < 4.78 is 42.1. The number of methoxy groups -OCH3 is 1. The minimum Gasteiger partial charge on any atom is -0.495 e. The first-order chi connectivity index (χ1) is 6.50. The molecule has 0 aliphatic heterocycles. The highest BCUT2D eigenvalue weighted by atomic mass is 79.9. The lowest BCUT2D eigenvalue weighted by atomic mass is 10.1. The summed E-state index contributed by atoms with van der Waals surface area (Å²) in [4.78, 5) is 3.46. The Bertz CT molecular complexity index is 327. The number of pyridine rings is 1. The van der Waals surface area contributed by atoms with Crippen molar-refractivity contribution in [2.24, 2.45) is 0 Å². The zero-order chi connectivity index (χ0) is 10.8. The zero-order valence-electron chi connectivity index (χ0n) is 7.23. The fourth-order valence-electron chi connectivity index (χ4n) is 1.03. The summed E-state index contributed by atoms with van der Waals surface area (Å²) in [7, 11) is 1.31. The van der Waals surface area contributed by atoms with Crippen molar-refractivity contribution in [1.82, 2.24) is 4.98 Å². The van der Waals surface area contributed by atoms with Crippen LogP contribution in [0.5, 0.6) is 5.75 Å². The van der Waals surface area contributed by atoms with Crippen molar-refractivity contribution in [3.05, 3.63) is 23.5 Å². The Kier molecular flexibility index (Phi) is 3.36. The van der Waals surface area contributed by atoms with E-state index < -0.39 is 11.7 Å². The number of ether oxygens (including phenoxy) is 1. The number of hydrogen-bond acceptors (Lipinski definition) is 2. The van der Waals surface area contributed by atoms with Gasteiger partial charge in [0, 0.05) is 17.1 Å². The van der Waals surface area contributed by atoms with Crippen LogP contribution in [0.3, 0.4) is 0 Å². The Morgan fingerprint density at radius 3 is 2.50 bits per heavy atom. The highest BCUT2D eigenvalue weighted by Crippen LogP contribution is 2.36. The van der Waals surface area contributed by atoms with E-state index in [9.17, 15) is 13.2 Å². The van der Waals surface area contributed by atoms with E-state index >= 15 is 0 Å². The third-order valence-electron chi connectivity index (χ3n) is 1.68. The number of nitrogens with zero attached hydrogens (tertiary/aromatic N) is 1. The lowest BCUT2D eigenvalue weighted by Gasteiger charge is -2.13. The summed E-state index contributed by atoms with van der Waals surface area (Å²) in [6, 6.07) is 0. The molecule has 0 fully saturated rings. The van der Waals surface area contributed by atoms with Gasteiger partial charge in [0.1, 0.15) is 5.75 Å². The van der Waals surface area contributed by atoms with Gasteiger partial charge in [0.15, 0.2) is 0 Å². The molecule has 0 spiro atoms. The van der Waals surface area contributed by atoms with Crippen LogP contribution in [0.25, 0.3) is 0 Å². The van der Waals surface area contributed by atoms with Gasteiger partial charge in [0.2, 0.25) is 0 Å². The molecule has 0 saturated carbocycles. The number of hydrogen-bond donors (Lipinski definition) is 0. The van der Waals surface area contributed by atoms with Crippen LogP contribution in [0.4, 0.5) is 13.2 Å². The molecule has 78 valence electrons. The predicted molar refractivity (Wildman–Crippen MR) is 48.4 cm³/mol. The van der Waals surface area contributed by atoms with Gasteiger partial charge in [-0.2, -0.15) is 13.2 Å². The first-order valence-corrected chi connectivity index (χ1v) is 4.77. The number of halogens is 4. The highest BCUT2D eigenvalue weighted by Gasteiger charge is 2.34. The second kappa shape index (κ2) is 4.16. The molecule has 1 aromatic rings. The van der Waals surface area contributed by atoms with Crippen molar-refractivity contribution in [2.75, 3.05) is 7.11 Å².